The maximum Gasteiger partial charge on any atom is 0.354 e. The van der Waals surface area contributed by atoms with E-state index in [9.17, 15) is 4.79 Å². The minimum absolute atomic E-state index is 0.293. The first-order chi connectivity index (χ1) is 13.8. The molecule has 2 heterocycles. The molecular formula is C24H20N2O2. The van der Waals surface area contributed by atoms with Gasteiger partial charge >= 0.3 is 5.97 Å². The number of fused-ring (bicyclic) bond motifs is 5. The molecule has 2 aromatic heterocycles. The normalized spacial score (nSPS) is 11.5. The van der Waals surface area contributed by atoms with Crippen LogP contribution < -0.4 is 0 Å². The van der Waals surface area contributed by atoms with E-state index in [1.54, 1.807) is 0 Å². The lowest BCUT2D eigenvalue weighted by Gasteiger charge is -2.11. The van der Waals surface area contributed by atoms with Crippen LogP contribution in [0, 0.1) is 0 Å². The zero-order valence-electron chi connectivity index (χ0n) is 15.6. The molecule has 0 saturated carbocycles. The zero-order chi connectivity index (χ0) is 19.1. The average molecular weight is 368 g/mol. The highest BCUT2D eigenvalue weighted by atomic mass is 16.5. The number of benzene rings is 3. The smallest absolute Gasteiger partial charge is 0.354 e. The molecule has 0 bridgehead atoms. The molecular weight excluding hydrogens is 348 g/mol. The Hall–Kier alpha value is -3.53. The van der Waals surface area contributed by atoms with Crippen LogP contribution in [0.25, 0.3) is 32.7 Å². The van der Waals surface area contributed by atoms with Gasteiger partial charge in [0.1, 0.15) is 5.69 Å². The second-order valence-electron chi connectivity index (χ2n) is 6.92. The van der Waals surface area contributed by atoms with Crippen molar-refractivity contribution >= 4 is 38.7 Å². The largest absolute Gasteiger partial charge is 0.461 e. The molecule has 5 rings (SSSR count). The molecule has 0 aliphatic rings. The number of nitrogens with one attached hydrogen (secondary N) is 1. The molecule has 0 atom stereocenters. The zero-order valence-corrected chi connectivity index (χ0v) is 15.6. The van der Waals surface area contributed by atoms with E-state index in [1.807, 2.05) is 43.3 Å². The number of nitrogens with zero attached hydrogens (tertiary/aromatic N) is 1. The molecule has 138 valence electrons. The van der Waals surface area contributed by atoms with Gasteiger partial charge in [-0.15, -0.1) is 0 Å². The van der Waals surface area contributed by atoms with E-state index >= 15 is 0 Å². The van der Waals surface area contributed by atoms with E-state index in [0.29, 0.717) is 18.8 Å². The summed E-state index contributed by atoms with van der Waals surface area (Å²) in [5.41, 5.74) is 4.88. The molecule has 0 aliphatic carbocycles. The highest BCUT2D eigenvalue weighted by Gasteiger charge is 2.20. The lowest BCUT2D eigenvalue weighted by Crippen LogP contribution is -2.13. The summed E-state index contributed by atoms with van der Waals surface area (Å²) in [6.07, 6.45) is 0. The summed E-state index contributed by atoms with van der Waals surface area (Å²) in [6.45, 7) is 2.79. The molecule has 0 amide bonds. The molecule has 1 N–H and O–H groups in total. The van der Waals surface area contributed by atoms with Gasteiger partial charge in [0, 0.05) is 28.2 Å². The van der Waals surface area contributed by atoms with E-state index < -0.39 is 0 Å². The van der Waals surface area contributed by atoms with Crippen LogP contribution in [-0.2, 0) is 11.3 Å². The molecule has 4 nitrogen and oxygen atoms in total. The first-order valence-electron chi connectivity index (χ1n) is 9.50. The Balaban J connectivity index is 1.83. The van der Waals surface area contributed by atoms with Crippen LogP contribution in [-0.4, -0.2) is 22.1 Å². The maximum absolute atomic E-state index is 12.7. The highest BCUT2D eigenvalue weighted by molar-refractivity contribution is 6.17. The number of esters is 1. The molecule has 0 unspecified atom stereocenters. The van der Waals surface area contributed by atoms with Crippen molar-refractivity contribution in [1.29, 1.82) is 0 Å². The fourth-order valence-electron chi connectivity index (χ4n) is 3.98. The van der Waals surface area contributed by atoms with Crippen LogP contribution >= 0.6 is 0 Å². The van der Waals surface area contributed by atoms with E-state index in [4.69, 9.17) is 4.74 Å². The number of ether oxygens (including phenoxy) is 1. The Labute approximate surface area is 162 Å². The van der Waals surface area contributed by atoms with Gasteiger partial charge in [-0.1, -0.05) is 60.7 Å². The Morgan fingerprint density at radius 3 is 2.57 bits per heavy atom. The number of aromatic amines is 1. The molecule has 3 aromatic carbocycles. The molecule has 5 aromatic rings. The summed E-state index contributed by atoms with van der Waals surface area (Å²) in [5, 5.41) is 3.37. The van der Waals surface area contributed by atoms with Crippen molar-refractivity contribution in [3.63, 3.8) is 0 Å². The van der Waals surface area contributed by atoms with Crippen LogP contribution in [0.3, 0.4) is 0 Å². The molecule has 4 heteroatoms. The van der Waals surface area contributed by atoms with Crippen LogP contribution in [0.15, 0.2) is 72.8 Å². The Morgan fingerprint density at radius 1 is 0.964 bits per heavy atom. The Bertz CT molecular complexity index is 1310. The first kappa shape index (κ1) is 16.6. The van der Waals surface area contributed by atoms with Crippen LogP contribution in [0.4, 0.5) is 0 Å². The van der Waals surface area contributed by atoms with E-state index in [0.717, 1.165) is 32.9 Å². The SMILES string of the molecule is CCOC(=O)c1cc2ccc3c4ccccc4[nH]c3c2n1Cc1ccccc1. The fraction of sp³-hybridized carbons (Fsp3) is 0.125. The highest BCUT2D eigenvalue weighted by Crippen LogP contribution is 2.33. The fourth-order valence-corrected chi connectivity index (χ4v) is 3.98. The maximum atomic E-state index is 12.7. The van der Waals surface area contributed by atoms with Crippen molar-refractivity contribution in [2.24, 2.45) is 0 Å². The third kappa shape index (κ3) is 2.57. The average Bonchev–Trinajstić information content (AvgIpc) is 3.27. The number of H-pyrrole nitrogens is 1. The number of hydrogen-bond donors (Lipinski definition) is 1. The summed E-state index contributed by atoms with van der Waals surface area (Å²) in [4.78, 5) is 16.2. The topological polar surface area (TPSA) is 47.0 Å². The van der Waals surface area contributed by atoms with Crippen LogP contribution in [0.2, 0.25) is 0 Å². The number of carbonyl (C=O) groups is 1. The van der Waals surface area contributed by atoms with Gasteiger partial charge < -0.3 is 14.3 Å². The lowest BCUT2D eigenvalue weighted by atomic mass is 10.1. The predicted molar refractivity (Wildman–Crippen MR) is 113 cm³/mol. The van der Waals surface area contributed by atoms with Gasteiger partial charge in [0.2, 0.25) is 0 Å². The number of carbonyl (C=O) groups excluding carboxylic acids is 1. The quantitative estimate of drug-likeness (QED) is 0.426. The van der Waals surface area contributed by atoms with Crippen molar-refractivity contribution in [1.82, 2.24) is 9.55 Å². The summed E-state index contributed by atoms with van der Waals surface area (Å²) in [5.74, 6) is -0.293. The molecule has 0 saturated heterocycles. The second kappa shape index (κ2) is 6.57. The minimum atomic E-state index is -0.293. The number of hydrogen-bond acceptors (Lipinski definition) is 2. The van der Waals surface area contributed by atoms with Gasteiger partial charge in [0.15, 0.2) is 0 Å². The monoisotopic (exact) mass is 368 g/mol. The van der Waals surface area contributed by atoms with Gasteiger partial charge in [0.25, 0.3) is 0 Å². The van der Waals surface area contributed by atoms with Crippen molar-refractivity contribution < 1.29 is 9.53 Å². The van der Waals surface area contributed by atoms with Gasteiger partial charge in [-0.05, 0) is 24.6 Å². The van der Waals surface area contributed by atoms with E-state index in [1.165, 1.54) is 5.39 Å². The summed E-state index contributed by atoms with van der Waals surface area (Å²) in [7, 11) is 0. The van der Waals surface area contributed by atoms with Crippen molar-refractivity contribution in [2.75, 3.05) is 6.61 Å². The first-order valence-corrected chi connectivity index (χ1v) is 9.50. The van der Waals surface area contributed by atoms with Crippen molar-refractivity contribution in [2.45, 2.75) is 13.5 Å². The Kier molecular flexibility index (Phi) is 3.90. The second-order valence-corrected chi connectivity index (χ2v) is 6.92. The molecule has 0 fully saturated rings. The summed E-state index contributed by atoms with van der Waals surface area (Å²) >= 11 is 0. The van der Waals surface area contributed by atoms with Gasteiger partial charge in [0.05, 0.1) is 17.6 Å². The summed E-state index contributed by atoms with van der Waals surface area (Å²) in [6, 6.07) is 24.6. The summed E-state index contributed by atoms with van der Waals surface area (Å²) < 4.78 is 7.41. The van der Waals surface area contributed by atoms with E-state index in [-0.39, 0.29) is 5.97 Å². The molecule has 0 aliphatic heterocycles. The van der Waals surface area contributed by atoms with Gasteiger partial charge in [-0.3, -0.25) is 0 Å². The number of aromatic nitrogens is 2. The van der Waals surface area contributed by atoms with E-state index in [2.05, 4.69) is 45.9 Å². The van der Waals surface area contributed by atoms with Crippen LogP contribution in [0.1, 0.15) is 23.0 Å². The standard InChI is InChI=1S/C24H20N2O2/c1-2-28-24(27)21-14-17-12-13-19-18-10-6-7-11-20(18)25-22(19)23(17)26(21)15-16-8-4-3-5-9-16/h3-14,25H,2,15H2,1H3. The van der Waals surface area contributed by atoms with Crippen molar-refractivity contribution in [3.05, 3.63) is 84.1 Å². The lowest BCUT2D eigenvalue weighted by molar-refractivity contribution is 0.0515. The molecule has 28 heavy (non-hydrogen) atoms. The van der Waals surface area contributed by atoms with Crippen molar-refractivity contribution in [3.8, 4) is 0 Å². The molecule has 0 spiro atoms. The predicted octanol–water partition coefficient (Wildman–Crippen LogP) is 5.50. The third-order valence-electron chi connectivity index (χ3n) is 5.21. The van der Waals surface area contributed by atoms with Gasteiger partial charge in [-0.2, -0.15) is 0 Å². The molecule has 0 radical (unpaired) electrons. The number of para-hydroxylation sites is 1. The van der Waals surface area contributed by atoms with Gasteiger partial charge in [-0.25, -0.2) is 4.79 Å². The third-order valence-corrected chi connectivity index (χ3v) is 5.21. The number of rotatable bonds is 4. The minimum Gasteiger partial charge on any atom is -0.461 e. The Morgan fingerprint density at radius 2 is 1.75 bits per heavy atom. The van der Waals surface area contributed by atoms with Crippen LogP contribution in [0.5, 0.6) is 0 Å².